The van der Waals surface area contributed by atoms with Gasteiger partial charge >= 0.3 is 5.97 Å². The molecule has 0 aromatic heterocycles. The molecule has 0 saturated carbocycles. The molecule has 1 atom stereocenters. The van der Waals surface area contributed by atoms with Gasteiger partial charge in [0.2, 0.25) is 0 Å². The number of carbonyl (C=O) groups is 1. The second-order valence-electron chi connectivity index (χ2n) is 8.13. The molecule has 0 aliphatic heterocycles. The van der Waals surface area contributed by atoms with E-state index in [0.717, 1.165) is 25.8 Å². The highest BCUT2D eigenvalue weighted by Gasteiger charge is 2.25. The quantitative estimate of drug-likeness (QED) is 0.597. The maximum atomic E-state index is 12.1. The number of aryl methyl sites for hydroxylation is 1. The fourth-order valence-corrected chi connectivity index (χ4v) is 3.52. The van der Waals surface area contributed by atoms with Gasteiger partial charge in [-0.3, -0.25) is 4.79 Å². The summed E-state index contributed by atoms with van der Waals surface area (Å²) in [6.07, 6.45) is 3.17. The van der Waals surface area contributed by atoms with E-state index in [0.29, 0.717) is 11.7 Å². The van der Waals surface area contributed by atoms with Crippen molar-refractivity contribution in [3.63, 3.8) is 0 Å². The predicted octanol–water partition coefficient (Wildman–Crippen LogP) is 5.34. The lowest BCUT2D eigenvalue weighted by molar-refractivity contribution is -0.143. The molecule has 138 valence electrons. The van der Waals surface area contributed by atoms with Gasteiger partial charge in [0.25, 0.3) is 0 Å². The Morgan fingerprint density at radius 1 is 1.15 bits per heavy atom. The molecule has 3 rings (SSSR count). The summed E-state index contributed by atoms with van der Waals surface area (Å²) in [5.41, 5.74) is 4.84. The van der Waals surface area contributed by atoms with Crippen molar-refractivity contribution in [2.24, 2.45) is 5.41 Å². The molecule has 1 N–H and O–H groups in total. The van der Waals surface area contributed by atoms with Crippen LogP contribution >= 0.6 is 0 Å². The van der Waals surface area contributed by atoms with E-state index < -0.39 is 5.41 Å². The van der Waals surface area contributed by atoms with Gasteiger partial charge in [0, 0.05) is 12.2 Å². The minimum Gasteiger partial charge on any atom is -0.426 e. The van der Waals surface area contributed by atoms with E-state index in [2.05, 4.69) is 42.6 Å². The number of anilines is 1. The second kappa shape index (κ2) is 7.53. The van der Waals surface area contributed by atoms with Crippen molar-refractivity contribution < 1.29 is 9.53 Å². The average Bonchev–Trinajstić information content (AvgIpc) is 2.61. The van der Waals surface area contributed by atoms with Gasteiger partial charge in [-0.1, -0.05) is 24.3 Å². The molecule has 0 radical (unpaired) electrons. The van der Waals surface area contributed by atoms with Crippen molar-refractivity contribution in [2.75, 3.05) is 11.9 Å². The number of esters is 1. The first-order valence-electron chi connectivity index (χ1n) is 9.55. The first-order valence-corrected chi connectivity index (χ1v) is 9.55. The maximum absolute atomic E-state index is 12.1. The van der Waals surface area contributed by atoms with Crippen LogP contribution in [0, 0.1) is 5.41 Å². The van der Waals surface area contributed by atoms with E-state index in [1.54, 1.807) is 0 Å². The number of carbonyl (C=O) groups excluding carboxylic acids is 1. The molecular weight excluding hydrogens is 322 g/mol. The van der Waals surface area contributed by atoms with Crippen LogP contribution in [0.5, 0.6) is 5.75 Å². The van der Waals surface area contributed by atoms with Crippen molar-refractivity contribution >= 4 is 11.7 Å². The Labute approximate surface area is 156 Å². The highest BCUT2D eigenvalue weighted by molar-refractivity contribution is 5.77. The van der Waals surface area contributed by atoms with Crippen LogP contribution in [0.25, 0.3) is 0 Å². The highest BCUT2D eigenvalue weighted by atomic mass is 16.5. The second-order valence-corrected chi connectivity index (χ2v) is 8.13. The van der Waals surface area contributed by atoms with Crippen molar-refractivity contribution in [3.05, 3.63) is 59.2 Å². The van der Waals surface area contributed by atoms with Crippen LogP contribution in [-0.2, 0) is 17.6 Å². The molecule has 26 heavy (non-hydrogen) atoms. The summed E-state index contributed by atoms with van der Waals surface area (Å²) in [4.78, 5) is 12.1. The van der Waals surface area contributed by atoms with Gasteiger partial charge in [0.15, 0.2) is 0 Å². The lowest BCUT2D eigenvalue weighted by Gasteiger charge is -2.27. The Balaban J connectivity index is 1.77. The van der Waals surface area contributed by atoms with Crippen molar-refractivity contribution in [2.45, 2.75) is 52.9 Å². The van der Waals surface area contributed by atoms with Gasteiger partial charge in [-0.05, 0) is 87.8 Å². The molecule has 0 bridgehead atoms. The molecule has 2 aromatic rings. The smallest absolute Gasteiger partial charge is 0.316 e. The predicted molar refractivity (Wildman–Crippen MR) is 107 cm³/mol. The van der Waals surface area contributed by atoms with Crippen LogP contribution < -0.4 is 10.1 Å². The SMILES string of the molecule is CCNc1ccccc1C1CCc2cc(OC(=O)C(C)(C)C)ccc2C1. The third-order valence-electron chi connectivity index (χ3n) is 5.00. The summed E-state index contributed by atoms with van der Waals surface area (Å²) in [6.45, 7) is 8.69. The average molecular weight is 351 g/mol. The number of hydrogen-bond donors (Lipinski definition) is 1. The zero-order valence-corrected chi connectivity index (χ0v) is 16.3. The van der Waals surface area contributed by atoms with E-state index in [4.69, 9.17) is 4.74 Å². The van der Waals surface area contributed by atoms with E-state index in [1.807, 2.05) is 32.9 Å². The van der Waals surface area contributed by atoms with E-state index in [9.17, 15) is 4.79 Å². The Bertz CT molecular complexity index is 789. The number of nitrogens with one attached hydrogen (secondary N) is 1. The Hall–Kier alpha value is -2.29. The lowest BCUT2D eigenvalue weighted by atomic mass is 9.79. The van der Waals surface area contributed by atoms with Crippen molar-refractivity contribution in [1.29, 1.82) is 0 Å². The molecule has 3 heteroatoms. The fraction of sp³-hybridized carbons (Fsp3) is 0.435. The molecule has 0 saturated heterocycles. The zero-order chi connectivity index (χ0) is 18.7. The number of rotatable bonds is 4. The molecule has 0 amide bonds. The number of ether oxygens (including phenoxy) is 1. The van der Waals surface area contributed by atoms with Crippen LogP contribution in [-0.4, -0.2) is 12.5 Å². The van der Waals surface area contributed by atoms with Gasteiger partial charge in [0.1, 0.15) is 5.75 Å². The maximum Gasteiger partial charge on any atom is 0.316 e. The monoisotopic (exact) mass is 351 g/mol. The van der Waals surface area contributed by atoms with E-state index >= 15 is 0 Å². The van der Waals surface area contributed by atoms with E-state index in [-0.39, 0.29) is 5.97 Å². The summed E-state index contributed by atoms with van der Waals surface area (Å²) < 4.78 is 5.56. The van der Waals surface area contributed by atoms with Gasteiger partial charge in [-0.15, -0.1) is 0 Å². The number of para-hydroxylation sites is 1. The molecule has 0 fully saturated rings. The van der Waals surface area contributed by atoms with Crippen LogP contribution in [0.2, 0.25) is 0 Å². The molecule has 2 aromatic carbocycles. The van der Waals surface area contributed by atoms with Crippen molar-refractivity contribution in [1.82, 2.24) is 0 Å². The molecule has 0 spiro atoms. The Morgan fingerprint density at radius 3 is 2.65 bits per heavy atom. The number of hydrogen-bond acceptors (Lipinski definition) is 3. The van der Waals surface area contributed by atoms with Crippen LogP contribution in [0.4, 0.5) is 5.69 Å². The molecule has 1 unspecified atom stereocenters. The molecule has 1 aliphatic rings. The molecular formula is C23H29NO2. The summed E-state index contributed by atoms with van der Waals surface area (Å²) in [7, 11) is 0. The Morgan fingerprint density at radius 2 is 1.92 bits per heavy atom. The van der Waals surface area contributed by atoms with Crippen LogP contribution in [0.15, 0.2) is 42.5 Å². The van der Waals surface area contributed by atoms with E-state index in [1.165, 1.54) is 22.4 Å². The number of benzene rings is 2. The summed E-state index contributed by atoms with van der Waals surface area (Å²) in [6, 6.07) is 14.7. The molecule has 3 nitrogen and oxygen atoms in total. The molecule has 0 heterocycles. The minimum absolute atomic E-state index is 0.189. The summed E-state index contributed by atoms with van der Waals surface area (Å²) in [5.74, 6) is 1.00. The van der Waals surface area contributed by atoms with Crippen LogP contribution in [0.3, 0.4) is 0 Å². The van der Waals surface area contributed by atoms with Gasteiger partial charge < -0.3 is 10.1 Å². The summed E-state index contributed by atoms with van der Waals surface area (Å²) in [5, 5.41) is 3.48. The summed E-state index contributed by atoms with van der Waals surface area (Å²) >= 11 is 0. The highest BCUT2D eigenvalue weighted by Crippen LogP contribution is 2.37. The van der Waals surface area contributed by atoms with Crippen molar-refractivity contribution in [3.8, 4) is 5.75 Å². The Kier molecular flexibility index (Phi) is 5.36. The van der Waals surface area contributed by atoms with Gasteiger partial charge in [0.05, 0.1) is 5.41 Å². The van der Waals surface area contributed by atoms with Crippen LogP contribution in [0.1, 0.15) is 56.7 Å². The minimum atomic E-state index is -0.489. The standard InChI is InChI=1S/C23H29NO2/c1-5-24-21-9-7-6-8-20(21)18-11-10-17-15-19(13-12-16(17)14-18)26-22(25)23(2,3)4/h6-9,12-13,15,18,24H,5,10-11,14H2,1-4H3. The van der Waals surface area contributed by atoms with Gasteiger partial charge in [-0.25, -0.2) is 0 Å². The topological polar surface area (TPSA) is 38.3 Å². The third kappa shape index (κ3) is 4.09. The first-order chi connectivity index (χ1) is 12.4. The third-order valence-corrected chi connectivity index (χ3v) is 5.00. The lowest BCUT2D eigenvalue weighted by Crippen LogP contribution is -2.25. The van der Waals surface area contributed by atoms with Gasteiger partial charge in [-0.2, -0.15) is 0 Å². The molecule has 1 aliphatic carbocycles. The largest absolute Gasteiger partial charge is 0.426 e. The fourth-order valence-electron chi connectivity index (χ4n) is 3.52. The first kappa shape index (κ1) is 18.5. The zero-order valence-electron chi connectivity index (χ0n) is 16.3. The normalized spacial score (nSPS) is 16.7. The number of fused-ring (bicyclic) bond motifs is 1.